The van der Waals surface area contributed by atoms with Crippen molar-refractivity contribution >= 4 is 53.3 Å². The highest BCUT2D eigenvalue weighted by Gasteiger charge is 2.39. The summed E-state index contributed by atoms with van der Waals surface area (Å²) in [5.41, 5.74) is -1.21. The molecule has 0 radical (unpaired) electrons. The van der Waals surface area contributed by atoms with Crippen LogP contribution in [-0.2, 0) is 19.4 Å². The molecule has 0 spiro atoms. The van der Waals surface area contributed by atoms with E-state index in [1.165, 1.54) is 24.8 Å². The van der Waals surface area contributed by atoms with E-state index in [0.29, 0.717) is 21.2 Å². The molecule has 0 aromatic carbocycles. The molecule has 0 aliphatic heterocycles. The van der Waals surface area contributed by atoms with Crippen molar-refractivity contribution in [2.75, 3.05) is 0 Å². The lowest BCUT2D eigenvalue weighted by atomic mass is 10.1. The lowest BCUT2D eigenvalue weighted by Crippen LogP contribution is -2.07. The number of hydrogen-bond donors (Lipinski definition) is 0. The molecular weight excluding hydrogens is 528 g/mol. The van der Waals surface area contributed by atoms with Crippen molar-refractivity contribution in [3.63, 3.8) is 0 Å². The number of pyridine rings is 1. The van der Waals surface area contributed by atoms with E-state index in [0.717, 1.165) is 22.1 Å². The average molecular weight is 536 g/mol. The van der Waals surface area contributed by atoms with E-state index in [2.05, 4.69) is 41.1 Å². The zero-order chi connectivity index (χ0) is 23.2. The zero-order valence-electron chi connectivity index (χ0n) is 15.8. The van der Waals surface area contributed by atoms with Gasteiger partial charge in [-0.25, -0.2) is 19.5 Å². The average Bonchev–Trinajstić information content (AvgIpc) is 3.32. The van der Waals surface area contributed by atoms with Gasteiger partial charge in [0.25, 0.3) is 0 Å². The van der Waals surface area contributed by atoms with Crippen LogP contribution < -0.4 is 0 Å². The topological polar surface area (TPSA) is 73.8 Å². The van der Waals surface area contributed by atoms with Crippen LogP contribution in [0.5, 0.6) is 0 Å². The second-order valence-electron chi connectivity index (χ2n) is 6.86. The number of aromatic nitrogens is 7. The SMILES string of the molecule is Cc1cc(C(F)(F)F)nc2sc3c(ncn4nc(-c5c(Br)c(C(F)(F)F)nn5C)nc34)c12. The molecule has 0 fully saturated rings. The summed E-state index contributed by atoms with van der Waals surface area (Å²) in [6.07, 6.45) is -8.00. The third kappa shape index (κ3) is 3.05. The molecule has 0 aliphatic rings. The van der Waals surface area contributed by atoms with Gasteiger partial charge in [0.05, 0.1) is 9.99 Å². The Kier molecular flexibility index (Phi) is 4.34. The molecule has 5 heterocycles. The minimum Gasteiger partial charge on any atom is -0.263 e. The van der Waals surface area contributed by atoms with Crippen LogP contribution in [0.1, 0.15) is 17.0 Å². The highest BCUT2D eigenvalue weighted by Crippen LogP contribution is 2.41. The third-order valence-electron chi connectivity index (χ3n) is 4.72. The van der Waals surface area contributed by atoms with Crippen molar-refractivity contribution in [2.24, 2.45) is 7.05 Å². The fraction of sp³-hybridized carbons (Fsp3) is 0.235. The number of halogens is 7. The summed E-state index contributed by atoms with van der Waals surface area (Å²) in [5, 5.41) is 8.14. The third-order valence-corrected chi connectivity index (χ3v) is 6.54. The number of alkyl halides is 6. The molecule has 7 nitrogen and oxygen atoms in total. The van der Waals surface area contributed by atoms with Crippen molar-refractivity contribution in [3.8, 4) is 11.5 Å². The maximum atomic E-state index is 13.2. The lowest BCUT2D eigenvalue weighted by Gasteiger charge is -2.06. The Hall–Kier alpha value is -2.81. The van der Waals surface area contributed by atoms with Crippen LogP contribution in [0.3, 0.4) is 0 Å². The van der Waals surface area contributed by atoms with E-state index in [4.69, 9.17) is 0 Å². The molecule has 5 aromatic heterocycles. The molecule has 0 saturated heterocycles. The Balaban J connectivity index is 1.77. The van der Waals surface area contributed by atoms with Crippen molar-refractivity contribution < 1.29 is 26.3 Å². The standard InChI is InChI=1S/C17H8BrF6N7S/c1-5-3-6(16(19,20)21)26-15-7(5)9-11(32-15)14-27-13(29-31(14)4-25-9)10-8(18)12(17(22,23)24)28-30(10)2/h3-4H,1-2H3. The van der Waals surface area contributed by atoms with Gasteiger partial charge in [-0.2, -0.15) is 31.4 Å². The molecule has 0 atom stereocenters. The summed E-state index contributed by atoms with van der Waals surface area (Å²) in [5.74, 6) is -0.0604. The largest absolute Gasteiger partial charge is 0.436 e. The smallest absolute Gasteiger partial charge is 0.263 e. The Morgan fingerprint density at radius 1 is 1.03 bits per heavy atom. The van der Waals surface area contributed by atoms with Gasteiger partial charge >= 0.3 is 12.4 Å². The van der Waals surface area contributed by atoms with Crippen LogP contribution in [0.4, 0.5) is 26.3 Å². The summed E-state index contributed by atoms with van der Waals surface area (Å²) >= 11 is 3.87. The Morgan fingerprint density at radius 3 is 2.38 bits per heavy atom. The number of nitrogens with zero attached hydrogens (tertiary/aromatic N) is 7. The van der Waals surface area contributed by atoms with Gasteiger partial charge in [0.1, 0.15) is 27.2 Å². The van der Waals surface area contributed by atoms with E-state index in [9.17, 15) is 26.3 Å². The summed E-state index contributed by atoms with van der Waals surface area (Å²) in [6.45, 7) is 1.53. The molecule has 5 aromatic rings. The molecular formula is C17H8BrF6N7S. The number of hydrogen-bond acceptors (Lipinski definition) is 6. The lowest BCUT2D eigenvalue weighted by molar-refractivity contribution is -0.142. The minimum absolute atomic E-state index is 0.0102. The summed E-state index contributed by atoms with van der Waals surface area (Å²) in [6, 6.07) is 0.945. The van der Waals surface area contributed by atoms with Gasteiger partial charge in [-0.1, -0.05) is 0 Å². The Labute approximate surface area is 185 Å². The maximum absolute atomic E-state index is 13.2. The number of rotatable bonds is 1. The van der Waals surface area contributed by atoms with Crippen molar-refractivity contribution in [1.82, 2.24) is 34.3 Å². The molecule has 32 heavy (non-hydrogen) atoms. The van der Waals surface area contributed by atoms with Crippen molar-refractivity contribution in [3.05, 3.63) is 33.8 Å². The van der Waals surface area contributed by atoms with E-state index in [1.807, 2.05) is 0 Å². The Bertz CT molecular complexity index is 1550. The van der Waals surface area contributed by atoms with Gasteiger partial charge in [-0.15, -0.1) is 16.4 Å². The first-order chi connectivity index (χ1) is 14.9. The van der Waals surface area contributed by atoms with E-state index in [1.54, 1.807) is 0 Å². The van der Waals surface area contributed by atoms with Gasteiger partial charge in [-0.3, -0.25) is 4.68 Å². The number of thiophene rings is 1. The molecule has 0 saturated carbocycles. The van der Waals surface area contributed by atoms with Crippen LogP contribution in [0.15, 0.2) is 16.9 Å². The minimum atomic E-state index is -4.69. The van der Waals surface area contributed by atoms with Crippen molar-refractivity contribution in [1.29, 1.82) is 0 Å². The van der Waals surface area contributed by atoms with Crippen LogP contribution in [-0.4, -0.2) is 34.3 Å². The van der Waals surface area contributed by atoms with E-state index >= 15 is 0 Å². The predicted octanol–water partition coefficient (Wildman–Crippen LogP) is 5.40. The molecule has 0 aliphatic carbocycles. The highest BCUT2D eigenvalue weighted by molar-refractivity contribution is 9.10. The number of aryl methyl sites for hydroxylation is 2. The van der Waals surface area contributed by atoms with Gasteiger partial charge in [0.15, 0.2) is 11.3 Å². The first-order valence-corrected chi connectivity index (χ1v) is 10.3. The second kappa shape index (κ2) is 6.60. The van der Waals surface area contributed by atoms with Crippen LogP contribution >= 0.6 is 27.3 Å². The molecule has 5 rings (SSSR count). The fourth-order valence-electron chi connectivity index (χ4n) is 3.38. The van der Waals surface area contributed by atoms with Gasteiger partial charge in [-0.05, 0) is 34.5 Å². The van der Waals surface area contributed by atoms with Gasteiger partial charge in [0.2, 0.25) is 5.82 Å². The van der Waals surface area contributed by atoms with Gasteiger partial charge < -0.3 is 0 Å². The zero-order valence-corrected chi connectivity index (χ0v) is 18.2. The normalized spacial score (nSPS) is 13.2. The molecule has 166 valence electrons. The van der Waals surface area contributed by atoms with Crippen LogP contribution in [0.2, 0.25) is 0 Å². The number of fused-ring (bicyclic) bond motifs is 5. The maximum Gasteiger partial charge on any atom is 0.436 e. The predicted molar refractivity (Wildman–Crippen MR) is 106 cm³/mol. The molecule has 0 bridgehead atoms. The van der Waals surface area contributed by atoms with E-state index in [-0.39, 0.29) is 26.5 Å². The monoisotopic (exact) mass is 535 g/mol. The molecule has 0 unspecified atom stereocenters. The van der Waals surface area contributed by atoms with Crippen molar-refractivity contribution in [2.45, 2.75) is 19.3 Å². The fourth-order valence-corrected chi connectivity index (χ4v) is 5.29. The molecule has 0 N–H and O–H groups in total. The van der Waals surface area contributed by atoms with Crippen LogP contribution in [0.25, 0.3) is 37.6 Å². The second-order valence-corrected chi connectivity index (χ2v) is 8.65. The first kappa shape index (κ1) is 21.1. The van der Waals surface area contributed by atoms with Gasteiger partial charge in [0, 0.05) is 12.4 Å². The molecule has 15 heteroatoms. The summed E-state index contributed by atoms with van der Waals surface area (Å²) in [4.78, 5) is 12.5. The Morgan fingerprint density at radius 2 is 1.75 bits per heavy atom. The quantitative estimate of drug-likeness (QED) is 0.269. The highest BCUT2D eigenvalue weighted by atomic mass is 79.9. The van der Waals surface area contributed by atoms with E-state index < -0.39 is 23.7 Å². The van der Waals surface area contributed by atoms with Crippen LogP contribution in [0, 0.1) is 6.92 Å². The summed E-state index contributed by atoms with van der Waals surface area (Å²) < 4.78 is 81.4. The first-order valence-electron chi connectivity index (χ1n) is 8.68. The molecule has 0 amide bonds. The summed E-state index contributed by atoms with van der Waals surface area (Å²) in [7, 11) is 1.32.